The molecule has 13 heavy (non-hydrogen) atoms. The van der Waals surface area contributed by atoms with Gasteiger partial charge in [-0.2, -0.15) is 0 Å². The fourth-order valence-electron chi connectivity index (χ4n) is 3.01. The molecular weight excluding hydrogens is 160 g/mol. The van der Waals surface area contributed by atoms with Crippen LogP contribution in [0.1, 0.15) is 45.4 Å². The fraction of sp³-hybridized carbons (Fsp3) is 0.750. The Kier molecular flexibility index (Phi) is 2.05. The Morgan fingerprint density at radius 2 is 2.15 bits per heavy atom. The molecule has 0 spiro atoms. The summed E-state index contributed by atoms with van der Waals surface area (Å²) in [6, 6.07) is 0. The van der Waals surface area contributed by atoms with Crippen LogP contribution in [0.5, 0.6) is 0 Å². The molecular formula is C12H18O. The van der Waals surface area contributed by atoms with Gasteiger partial charge in [0.15, 0.2) is 0 Å². The van der Waals surface area contributed by atoms with E-state index in [4.69, 9.17) is 0 Å². The number of allylic oxidation sites excluding steroid dienone is 1. The van der Waals surface area contributed by atoms with E-state index in [0.29, 0.717) is 17.1 Å². The monoisotopic (exact) mass is 178 g/mol. The lowest BCUT2D eigenvalue weighted by atomic mass is 9.59. The smallest absolute Gasteiger partial charge is 0.133 e. The van der Waals surface area contributed by atoms with Gasteiger partial charge in [-0.1, -0.05) is 19.1 Å². The molecule has 2 fully saturated rings. The number of Topliss-reactive ketones (excluding diaryl/α,β-unsaturated/α-hetero) is 1. The summed E-state index contributed by atoms with van der Waals surface area (Å²) in [4.78, 5) is 11.4. The molecule has 1 heteroatoms. The van der Waals surface area contributed by atoms with Crippen LogP contribution in [0.25, 0.3) is 0 Å². The number of fused-ring (bicyclic) bond motifs is 1. The molecule has 0 heterocycles. The molecule has 2 rings (SSSR count). The first-order chi connectivity index (χ1) is 6.12. The molecule has 0 bridgehead atoms. The van der Waals surface area contributed by atoms with E-state index in [0.717, 1.165) is 25.7 Å². The molecule has 72 valence electrons. The average molecular weight is 178 g/mol. The SMILES string of the molecule is C=C1CCCC2(C)CCC(=O)C[C@@H]12. The van der Waals surface area contributed by atoms with E-state index in [1.807, 2.05) is 0 Å². The number of hydrogen-bond acceptors (Lipinski definition) is 1. The van der Waals surface area contributed by atoms with Crippen molar-refractivity contribution in [2.45, 2.75) is 45.4 Å². The Labute approximate surface area is 80.2 Å². The summed E-state index contributed by atoms with van der Waals surface area (Å²) in [6.07, 6.45) is 6.39. The zero-order valence-electron chi connectivity index (χ0n) is 8.44. The summed E-state index contributed by atoms with van der Waals surface area (Å²) in [5, 5.41) is 0. The van der Waals surface area contributed by atoms with Gasteiger partial charge in [0.2, 0.25) is 0 Å². The second-order valence-electron chi connectivity index (χ2n) is 4.96. The molecule has 0 saturated heterocycles. The highest BCUT2D eigenvalue weighted by Gasteiger charge is 2.42. The van der Waals surface area contributed by atoms with Crippen molar-refractivity contribution in [1.29, 1.82) is 0 Å². The molecule has 2 atom stereocenters. The van der Waals surface area contributed by atoms with Gasteiger partial charge in [-0.25, -0.2) is 0 Å². The number of rotatable bonds is 0. The first-order valence-electron chi connectivity index (χ1n) is 5.31. The van der Waals surface area contributed by atoms with E-state index in [1.165, 1.54) is 18.4 Å². The van der Waals surface area contributed by atoms with Gasteiger partial charge < -0.3 is 0 Å². The molecule has 2 aliphatic rings. The first-order valence-corrected chi connectivity index (χ1v) is 5.31. The van der Waals surface area contributed by atoms with Crippen LogP contribution in [0, 0.1) is 11.3 Å². The fourth-order valence-corrected chi connectivity index (χ4v) is 3.01. The summed E-state index contributed by atoms with van der Waals surface area (Å²) in [5.74, 6) is 0.952. The van der Waals surface area contributed by atoms with Crippen molar-refractivity contribution in [2.75, 3.05) is 0 Å². The van der Waals surface area contributed by atoms with Crippen molar-refractivity contribution in [3.05, 3.63) is 12.2 Å². The minimum atomic E-state index is 0.406. The zero-order valence-corrected chi connectivity index (χ0v) is 8.44. The summed E-state index contributed by atoms with van der Waals surface area (Å²) < 4.78 is 0. The van der Waals surface area contributed by atoms with Gasteiger partial charge >= 0.3 is 0 Å². The van der Waals surface area contributed by atoms with E-state index >= 15 is 0 Å². The second-order valence-corrected chi connectivity index (χ2v) is 4.96. The van der Waals surface area contributed by atoms with Crippen molar-refractivity contribution in [1.82, 2.24) is 0 Å². The summed E-state index contributed by atoms with van der Waals surface area (Å²) in [7, 11) is 0. The van der Waals surface area contributed by atoms with E-state index in [9.17, 15) is 4.79 Å². The van der Waals surface area contributed by atoms with Crippen molar-refractivity contribution in [2.24, 2.45) is 11.3 Å². The molecule has 0 aromatic carbocycles. The lowest BCUT2D eigenvalue weighted by molar-refractivity contribution is -0.124. The van der Waals surface area contributed by atoms with Crippen LogP contribution in [-0.2, 0) is 4.79 Å². The van der Waals surface area contributed by atoms with Crippen LogP contribution in [0.15, 0.2) is 12.2 Å². The number of ketones is 1. The van der Waals surface area contributed by atoms with E-state index in [1.54, 1.807) is 0 Å². The molecule has 0 amide bonds. The van der Waals surface area contributed by atoms with Gasteiger partial charge in [0.1, 0.15) is 5.78 Å². The normalized spacial score (nSPS) is 40.2. The highest BCUT2D eigenvalue weighted by Crippen LogP contribution is 2.50. The van der Waals surface area contributed by atoms with Crippen LogP contribution in [0.4, 0.5) is 0 Å². The molecule has 0 aromatic rings. The number of carbonyl (C=O) groups excluding carboxylic acids is 1. The first kappa shape index (κ1) is 8.98. The second kappa shape index (κ2) is 2.97. The van der Waals surface area contributed by atoms with Crippen molar-refractivity contribution in [3.8, 4) is 0 Å². The van der Waals surface area contributed by atoms with E-state index < -0.39 is 0 Å². The summed E-state index contributed by atoms with van der Waals surface area (Å²) in [6.45, 7) is 6.47. The third-order valence-electron chi connectivity index (χ3n) is 3.99. The maximum Gasteiger partial charge on any atom is 0.133 e. The van der Waals surface area contributed by atoms with Gasteiger partial charge in [-0.05, 0) is 37.0 Å². The Bertz CT molecular complexity index is 254. The number of hydrogen-bond donors (Lipinski definition) is 0. The Hall–Kier alpha value is -0.590. The summed E-state index contributed by atoms with van der Waals surface area (Å²) in [5.41, 5.74) is 1.74. The molecule has 0 aromatic heterocycles. The van der Waals surface area contributed by atoms with Gasteiger partial charge in [-0.3, -0.25) is 4.79 Å². The highest BCUT2D eigenvalue weighted by molar-refractivity contribution is 5.80. The Balaban J connectivity index is 2.22. The predicted octanol–water partition coefficient (Wildman–Crippen LogP) is 3.10. The minimum Gasteiger partial charge on any atom is -0.300 e. The topological polar surface area (TPSA) is 17.1 Å². The Morgan fingerprint density at radius 3 is 2.92 bits per heavy atom. The molecule has 2 saturated carbocycles. The van der Waals surface area contributed by atoms with Crippen LogP contribution in [-0.4, -0.2) is 5.78 Å². The lowest BCUT2D eigenvalue weighted by Gasteiger charge is -2.45. The van der Waals surface area contributed by atoms with Crippen LogP contribution < -0.4 is 0 Å². The zero-order chi connectivity index (χ0) is 9.47. The van der Waals surface area contributed by atoms with E-state index in [-0.39, 0.29) is 0 Å². The molecule has 1 unspecified atom stereocenters. The third kappa shape index (κ3) is 1.45. The van der Waals surface area contributed by atoms with Crippen molar-refractivity contribution < 1.29 is 4.79 Å². The maximum atomic E-state index is 11.4. The largest absolute Gasteiger partial charge is 0.300 e. The molecule has 2 aliphatic carbocycles. The average Bonchev–Trinajstić information content (AvgIpc) is 2.08. The summed E-state index contributed by atoms with van der Waals surface area (Å²) >= 11 is 0. The van der Waals surface area contributed by atoms with Gasteiger partial charge in [0.25, 0.3) is 0 Å². The van der Waals surface area contributed by atoms with Crippen LogP contribution >= 0.6 is 0 Å². The quantitative estimate of drug-likeness (QED) is 0.521. The lowest BCUT2D eigenvalue weighted by Crippen LogP contribution is -2.38. The number of carbonyl (C=O) groups is 1. The maximum absolute atomic E-state index is 11.4. The highest BCUT2D eigenvalue weighted by atomic mass is 16.1. The standard InChI is InChI=1S/C12H18O/c1-9-4-3-6-12(2)7-5-10(13)8-11(9)12/h11H,1,3-8H2,2H3/t11-,12?/m0/s1. The predicted molar refractivity (Wildman–Crippen MR) is 53.4 cm³/mol. The molecule has 1 nitrogen and oxygen atoms in total. The van der Waals surface area contributed by atoms with Gasteiger partial charge in [-0.15, -0.1) is 0 Å². The molecule has 0 N–H and O–H groups in total. The van der Waals surface area contributed by atoms with Gasteiger partial charge in [0, 0.05) is 12.8 Å². The minimum absolute atomic E-state index is 0.406. The van der Waals surface area contributed by atoms with Crippen LogP contribution in [0.3, 0.4) is 0 Å². The van der Waals surface area contributed by atoms with Crippen LogP contribution in [0.2, 0.25) is 0 Å². The Morgan fingerprint density at radius 1 is 1.38 bits per heavy atom. The van der Waals surface area contributed by atoms with E-state index in [2.05, 4.69) is 13.5 Å². The van der Waals surface area contributed by atoms with Crippen molar-refractivity contribution in [3.63, 3.8) is 0 Å². The molecule has 0 radical (unpaired) electrons. The van der Waals surface area contributed by atoms with Crippen molar-refractivity contribution >= 4 is 5.78 Å². The van der Waals surface area contributed by atoms with Gasteiger partial charge in [0.05, 0.1) is 0 Å². The third-order valence-corrected chi connectivity index (χ3v) is 3.99. The molecule has 0 aliphatic heterocycles.